The van der Waals surface area contributed by atoms with Crippen LogP contribution in [-0.2, 0) is 39.8 Å². The van der Waals surface area contributed by atoms with Crippen molar-refractivity contribution in [1.82, 2.24) is 25.8 Å². The van der Waals surface area contributed by atoms with E-state index in [9.17, 15) is 24.0 Å². The summed E-state index contributed by atoms with van der Waals surface area (Å²) in [6.45, 7) is 9.79. The Hall–Kier alpha value is -3.88. The largest absolute Gasteiger partial charge is 0.467 e. The second kappa shape index (κ2) is 20.1. The highest BCUT2D eigenvalue weighted by molar-refractivity contribution is 7.09. The average molecular weight is 716 g/mol. The quantitative estimate of drug-likeness (QED) is 0.153. The van der Waals surface area contributed by atoms with Gasteiger partial charge in [0.25, 0.3) is 5.91 Å². The van der Waals surface area contributed by atoms with Gasteiger partial charge in [0, 0.05) is 38.3 Å². The molecular weight excluding hydrogens is 662 g/mol. The van der Waals surface area contributed by atoms with Crippen LogP contribution in [0.2, 0.25) is 0 Å². The lowest BCUT2D eigenvalue weighted by Crippen LogP contribution is -2.59. The molecule has 13 nitrogen and oxygen atoms in total. The molecule has 2 aromatic rings. The summed E-state index contributed by atoms with van der Waals surface area (Å²) in [7, 11) is 2.75. The summed E-state index contributed by atoms with van der Waals surface area (Å²) < 4.78 is 16.2. The van der Waals surface area contributed by atoms with Gasteiger partial charge in [-0.1, -0.05) is 70.9 Å². The maximum absolute atomic E-state index is 14.3. The minimum atomic E-state index is -0.948. The first-order valence-electron chi connectivity index (χ1n) is 17.3. The van der Waals surface area contributed by atoms with Gasteiger partial charge >= 0.3 is 11.9 Å². The number of hydrogen-bond donors (Lipinski definition) is 3. The Morgan fingerprint density at radius 1 is 1.06 bits per heavy atom. The molecule has 276 valence electrons. The van der Waals surface area contributed by atoms with Gasteiger partial charge in [0.15, 0.2) is 6.10 Å². The van der Waals surface area contributed by atoms with Crippen LogP contribution < -0.4 is 16.0 Å². The molecule has 1 fully saturated rings. The van der Waals surface area contributed by atoms with Crippen LogP contribution in [0.15, 0.2) is 35.7 Å². The van der Waals surface area contributed by atoms with Crippen molar-refractivity contribution >= 4 is 41.0 Å². The van der Waals surface area contributed by atoms with Crippen LogP contribution in [0.25, 0.3) is 0 Å². The fourth-order valence-corrected chi connectivity index (χ4v) is 6.83. The van der Waals surface area contributed by atoms with Crippen molar-refractivity contribution in [3.05, 3.63) is 52.0 Å². The third-order valence-electron chi connectivity index (χ3n) is 8.99. The molecule has 1 aliphatic heterocycles. The van der Waals surface area contributed by atoms with E-state index in [4.69, 9.17) is 14.2 Å². The van der Waals surface area contributed by atoms with Crippen molar-refractivity contribution in [2.24, 2.45) is 11.8 Å². The number of carbonyl (C=O) groups is 5. The van der Waals surface area contributed by atoms with Gasteiger partial charge in [-0.25, -0.2) is 9.78 Å². The normalized spacial score (nSPS) is 17.5. The monoisotopic (exact) mass is 715 g/mol. The maximum atomic E-state index is 14.3. The topological polar surface area (TPSA) is 165 Å². The van der Waals surface area contributed by atoms with Gasteiger partial charge in [-0.05, 0) is 36.8 Å². The first-order valence-corrected chi connectivity index (χ1v) is 18.2. The van der Waals surface area contributed by atoms with E-state index in [1.54, 1.807) is 4.90 Å². The summed E-state index contributed by atoms with van der Waals surface area (Å²) >= 11 is 1.14. The molecule has 0 bridgehead atoms. The van der Waals surface area contributed by atoms with Crippen molar-refractivity contribution in [2.45, 2.75) is 103 Å². The van der Waals surface area contributed by atoms with Gasteiger partial charge in [0.05, 0.1) is 13.2 Å². The molecule has 1 saturated heterocycles. The predicted octanol–water partition coefficient (Wildman–Crippen LogP) is 3.78. The lowest BCUT2D eigenvalue weighted by atomic mass is 9.92. The smallest absolute Gasteiger partial charge is 0.328 e. The molecular formula is C36H53N5O8S. The first kappa shape index (κ1) is 40.5. The Morgan fingerprint density at radius 2 is 1.78 bits per heavy atom. The Balaban J connectivity index is 1.86. The zero-order valence-electron chi connectivity index (χ0n) is 30.2. The van der Waals surface area contributed by atoms with E-state index in [2.05, 4.69) is 20.9 Å². The molecule has 2 heterocycles. The SMILES string of the molecule is CC[C@H](C)[C@H](NC(=O)[C@H]1CCCCN1)C(=O)N(COC)[C@H](C[C@@H](OC(C)=O)c1nc(C(=O)N[C@@H](Cc2ccccc2)C(=O)OC)cs1)C(C)C. The minimum absolute atomic E-state index is 0.0471. The molecule has 50 heavy (non-hydrogen) atoms. The van der Waals surface area contributed by atoms with Crippen molar-refractivity contribution < 1.29 is 38.2 Å². The number of aromatic nitrogens is 1. The summed E-state index contributed by atoms with van der Waals surface area (Å²) in [5.74, 6) is -2.52. The fraction of sp³-hybridized carbons (Fsp3) is 0.611. The fourth-order valence-electron chi connectivity index (χ4n) is 5.99. The molecule has 6 atom stereocenters. The maximum Gasteiger partial charge on any atom is 0.328 e. The number of ether oxygens (including phenoxy) is 3. The number of methoxy groups -OCH3 is 2. The Bertz CT molecular complexity index is 1410. The van der Waals surface area contributed by atoms with Crippen LogP contribution in [0.4, 0.5) is 0 Å². The molecule has 1 aromatic heterocycles. The van der Waals surface area contributed by atoms with Gasteiger partial charge in [-0.2, -0.15) is 0 Å². The molecule has 0 saturated carbocycles. The predicted molar refractivity (Wildman–Crippen MR) is 189 cm³/mol. The highest BCUT2D eigenvalue weighted by Gasteiger charge is 2.38. The molecule has 1 aromatic carbocycles. The molecule has 3 amide bonds. The van der Waals surface area contributed by atoms with Crippen LogP contribution in [-0.4, -0.2) is 91.2 Å². The molecule has 3 rings (SSSR count). The van der Waals surface area contributed by atoms with Crippen molar-refractivity contribution in [2.75, 3.05) is 27.5 Å². The number of benzene rings is 1. The van der Waals surface area contributed by atoms with E-state index in [1.165, 1.54) is 26.5 Å². The number of thiazole rings is 1. The number of esters is 2. The number of nitrogens with zero attached hydrogens (tertiary/aromatic N) is 2. The Labute approximate surface area is 299 Å². The summed E-state index contributed by atoms with van der Waals surface area (Å²) in [6, 6.07) is 6.64. The second-order valence-electron chi connectivity index (χ2n) is 13.1. The highest BCUT2D eigenvalue weighted by atomic mass is 32.1. The standard InChI is InChI=1S/C36H53N5O8S/c1-8-23(4)31(40-32(43)26-16-12-13-17-37-26)35(45)41(21-47-6)29(22(2)3)19-30(49-24(5)42)34-39-28(20-50-34)33(44)38-27(36(46)48-7)18-25-14-10-9-11-15-25/h9-11,14-15,20,22-23,26-27,29-31,37H,8,12-13,16-19,21H2,1-7H3,(H,38,44)(H,40,43)/t23-,26+,27-,29+,30+,31-/m0/s1. The van der Waals surface area contributed by atoms with Gasteiger partial charge in [0.1, 0.15) is 29.5 Å². The Kier molecular flexibility index (Phi) is 16.3. The Morgan fingerprint density at radius 3 is 2.36 bits per heavy atom. The van der Waals surface area contributed by atoms with Crippen LogP contribution in [0.1, 0.15) is 93.9 Å². The summed E-state index contributed by atoms with van der Waals surface area (Å²) in [6.07, 6.45) is 2.79. The van der Waals surface area contributed by atoms with E-state index in [1.807, 2.05) is 58.0 Å². The van der Waals surface area contributed by atoms with E-state index in [-0.39, 0.29) is 55.0 Å². The summed E-state index contributed by atoms with van der Waals surface area (Å²) in [4.78, 5) is 71.9. The van der Waals surface area contributed by atoms with Crippen LogP contribution in [0.3, 0.4) is 0 Å². The van der Waals surface area contributed by atoms with Gasteiger partial charge in [-0.15, -0.1) is 11.3 Å². The van der Waals surface area contributed by atoms with Crippen LogP contribution >= 0.6 is 11.3 Å². The molecule has 14 heteroatoms. The number of carbonyl (C=O) groups excluding carboxylic acids is 5. The second-order valence-corrected chi connectivity index (χ2v) is 13.9. The lowest BCUT2D eigenvalue weighted by Gasteiger charge is -2.39. The van der Waals surface area contributed by atoms with Gasteiger partial charge in [-0.3, -0.25) is 19.2 Å². The molecule has 0 spiro atoms. The number of rotatable bonds is 18. The molecule has 0 unspecified atom stereocenters. The zero-order valence-corrected chi connectivity index (χ0v) is 31.0. The van der Waals surface area contributed by atoms with Crippen molar-refractivity contribution in [1.29, 1.82) is 0 Å². The first-order chi connectivity index (χ1) is 23.9. The van der Waals surface area contributed by atoms with Crippen molar-refractivity contribution in [3.63, 3.8) is 0 Å². The summed E-state index contributed by atoms with van der Waals surface area (Å²) in [5.41, 5.74) is 0.888. The number of nitrogens with one attached hydrogen (secondary N) is 3. The third kappa shape index (κ3) is 11.6. The van der Waals surface area contributed by atoms with Gasteiger partial charge in [0.2, 0.25) is 11.8 Å². The van der Waals surface area contributed by atoms with E-state index < -0.39 is 42.1 Å². The molecule has 0 aliphatic carbocycles. The van der Waals surface area contributed by atoms with Crippen LogP contribution in [0.5, 0.6) is 0 Å². The van der Waals surface area contributed by atoms with Crippen molar-refractivity contribution in [3.8, 4) is 0 Å². The third-order valence-corrected chi connectivity index (χ3v) is 9.93. The summed E-state index contributed by atoms with van der Waals surface area (Å²) in [5, 5.41) is 10.9. The zero-order chi connectivity index (χ0) is 36.8. The minimum Gasteiger partial charge on any atom is -0.467 e. The lowest BCUT2D eigenvalue weighted by molar-refractivity contribution is -0.152. The number of piperidine rings is 1. The molecule has 3 N–H and O–H groups in total. The molecule has 1 aliphatic rings. The van der Waals surface area contributed by atoms with E-state index >= 15 is 0 Å². The van der Waals surface area contributed by atoms with E-state index in [0.29, 0.717) is 17.8 Å². The highest BCUT2D eigenvalue weighted by Crippen LogP contribution is 2.31. The van der Waals surface area contributed by atoms with Crippen LogP contribution in [0, 0.1) is 11.8 Å². The number of amides is 3. The molecule has 0 radical (unpaired) electrons. The van der Waals surface area contributed by atoms with Gasteiger partial charge < -0.3 is 35.1 Å². The average Bonchev–Trinajstić information content (AvgIpc) is 3.61. The number of hydrogen-bond acceptors (Lipinski definition) is 11. The van der Waals surface area contributed by atoms with E-state index in [0.717, 1.165) is 36.3 Å².